The van der Waals surface area contributed by atoms with Gasteiger partial charge in [-0.3, -0.25) is 0 Å². The van der Waals surface area contributed by atoms with Crippen LogP contribution in [0.25, 0.3) is 6.08 Å². The first-order valence-electron chi connectivity index (χ1n) is 7.24. The first kappa shape index (κ1) is 18.4. The van der Waals surface area contributed by atoms with Gasteiger partial charge in [0.2, 0.25) is 0 Å². The van der Waals surface area contributed by atoms with E-state index in [-0.39, 0.29) is 0 Å². The topological polar surface area (TPSA) is 55.8 Å². The largest absolute Gasteiger partial charge is 0.490 e. The number of hydrogen-bond acceptors (Lipinski definition) is 3. The Morgan fingerprint density at radius 3 is 2.75 bits per heavy atom. The summed E-state index contributed by atoms with van der Waals surface area (Å²) in [6.07, 6.45) is 2.57. The molecule has 126 valence electrons. The lowest BCUT2D eigenvalue weighted by atomic mass is 10.2. The smallest absolute Gasteiger partial charge is 0.328 e. The van der Waals surface area contributed by atoms with Crippen LogP contribution in [-0.2, 0) is 11.4 Å². The van der Waals surface area contributed by atoms with Crippen molar-refractivity contribution in [3.63, 3.8) is 0 Å². The Hall–Kier alpha value is -1.98. The maximum Gasteiger partial charge on any atom is 0.328 e. The van der Waals surface area contributed by atoms with Crippen molar-refractivity contribution < 1.29 is 19.4 Å². The standard InChI is InChI=1S/C18H16BrClO4/c1-2-23-16-10-12(6-7-17(21)22)9-15(19)18(16)24-11-13-4-3-5-14(20)8-13/h3-10H,2,11H2,1H3,(H,21,22). The highest BCUT2D eigenvalue weighted by Crippen LogP contribution is 2.38. The molecule has 2 aromatic carbocycles. The number of hydrogen-bond donors (Lipinski definition) is 1. The normalized spacial score (nSPS) is 10.8. The van der Waals surface area contributed by atoms with Gasteiger partial charge in [0.05, 0.1) is 11.1 Å². The van der Waals surface area contributed by atoms with Crippen LogP contribution in [0.15, 0.2) is 46.9 Å². The van der Waals surface area contributed by atoms with Crippen molar-refractivity contribution in [3.05, 3.63) is 63.1 Å². The number of carboxylic acid groups (broad SMARTS) is 1. The highest BCUT2D eigenvalue weighted by molar-refractivity contribution is 9.10. The minimum atomic E-state index is -1.01. The van der Waals surface area contributed by atoms with Crippen LogP contribution in [0.4, 0.5) is 0 Å². The quantitative estimate of drug-likeness (QED) is 0.638. The monoisotopic (exact) mass is 410 g/mol. The molecule has 0 amide bonds. The predicted molar refractivity (Wildman–Crippen MR) is 97.8 cm³/mol. The van der Waals surface area contributed by atoms with Crippen LogP contribution in [0.3, 0.4) is 0 Å². The van der Waals surface area contributed by atoms with Crippen LogP contribution in [0.1, 0.15) is 18.1 Å². The van der Waals surface area contributed by atoms with Crippen LogP contribution in [0.5, 0.6) is 11.5 Å². The second kappa shape index (κ2) is 8.76. The van der Waals surface area contributed by atoms with E-state index in [1.54, 1.807) is 18.2 Å². The van der Waals surface area contributed by atoms with E-state index < -0.39 is 5.97 Å². The molecule has 0 saturated carbocycles. The summed E-state index contributed by atoms with van der Waals surface area (Å²) in [5.74, 6) is 0.0913. The van der Waals surface area contributed by atoms with Gasteiger partial charge in [0.25, 0.3) is 0 Å². The third-order valence-electron chi connectivity index (χ3n) is 3.02. The Kier molecular flexibility index (Phi) is 6.70. The van der Waals surface area contributed by atoms with Gasteiger partial charge >= 0.3 is 5.97 Å². The van der Waals surface area contributed by atoms with Crippen molar-refractivity contribution in [1.82, 2.24) is 0 Å². The second-order valence-electron chi connectivity index (χ2n) is 4.85. The van der Waals surface area contributed by atoms with Crippen molar-refractivity contribution >= 4 is 39.6 Å². The van der Waals surface area contributed by atoms with Crippen molar-refractivity contribution in [2.45, 2.75) is 13.5 Å². The zero-order valence-electron chi connectivity index (χ0n) is 13.0. The molecule has 2 aromatic rings. The van der Waals surface area contributed by atoms with Crippen molar-refractivity contribution in [2.24, 2.45) is 0 Å². The van der Waals surface area contributed by atoms with Gasteiger partial charge in [0.15, 0.2) is 11.5 Å². The number of aliphatic carboxylic acids is 1. The summed E-state index contributed by atoms with van der Waals surface area (Å²) in [7, 11) is 0. The van der Waals surface area contributed by atoms with E-state index in [1.165, 1.54) is 6.08 Å². The average molecular weight is 412 g/mol. The fourth-order valence-electron chi connectivity index (χ4n) is 2.04. The molecule has 0 bridgehead atoms. The summed E-state index contributed by atoms with van der Waals surface area (Å²) < 4.78 is 12.2. The summed E-state index contributed by atoms with van der Waals surface area (Å²) in [4.78, 5) is 10.7. The number of halogens is 2. The molecule has 0 atom stereocenters. The molecule has 0 aliphatic heterocycles. The molecule has 0 fully saturated rings. The molecule has 4 nitrogen and oxygen atoms in total. The SMILES string of the molecule is CCOc1cc(C=CC(=O)O)cc(Br)c1OCc1cccc(Cl)c1. The molecule has 0 radical (unpaired) electrons. The molecule has 0 unspecified atom stereocenters. The van der Waals surface area contributed by atoms with Gasteiger partial charge in [0, 0.05) is 11.1 Å². The third kappa shape index (κ3) is 5.28. The third-order valence-corrected chi connectivity index (χ3v) is 3.85. The lowest BCUT2D eigenvalue weighted by Crippen LogP contribution is -2.01. The molecule has 0 spiro atoms. The van der Waals surface area contributed by atoms with Gasteiger partial charge in [-0.1, -0.05) is 23.7 Å². The summed E-state index contributed by atoms with van der Waals surface area (Å²) >= 11 is 9.43. The van der Waals surface area contributed by atoms with Crippen molar-refractivity contribution in [3.8, 4) is 11.5 Å². The Labute approximate surface area is 153 Å². The number of carboxylic acids is 1. The zero-order chi connectivity index (χ0) is 17.5. The molecule has 1 N–H and O–H groups in total. The highest BCUT2D eigenvalue weighted by Gasteiger charge is 2.12. The molecule has 0 aromatic heterocycles. The number of benzene rings is 2. The number of rotatable bonds is 7. The lowest BCUT2D eigenvalue weighted by Gasteiger charge is -2.15. The summed E-state index contributed by atoms with van der Waals surface area (Å²) in [6.45, 7) is 2.67. The molecule has 0 saturated heterocycles. The Balaban J connectivity index is 2.25. The molecule has 24 heavy (non-hydrogen) atoms. The van der Waals surface area contributed by atoms with Gasteiger partial charge in [-0.05, 0) is 64.3 Å². The van der Waals surface area contributed by atoms with E-state index in [4.69, 9.17) is 26.2 Å². The molecule has 6 heteroatoms. The maximum absolute atomic E-state index is 10.7. The van der Waals surface area contributed by atoms with Crippen molar-refractivity contribution in [1.29, 1.82) is 0 Å². The average Bonchev–Trinajstić information content (AvgIpc) is 2.52. The first-order chi connectivity index (χ1) is 11.5. The number of ether oxygens (including phenoxy) is 2. The van der Waals surface area contributed by atoms with Crippen LogP contribution in [0.2, 0.25) is 5.02 Å². The molecule has 0 aliphatic carbocycles. The zero-order valence-corrected chi connectivity index (χ0v) is 15.3. The van der Waals surface area contributed by atoms with Crippen LogP contribution >= 0.6 is 27.5 Å². The van der Waals surface area contributed by atoms with Gasteiger partial charge in [-0.2, -0.15) is 0 Å². The van der Waals surface area contributed by atoms with Gasteiger partial charge < -0.3 is 14.6 Å². The number of carbonyl (C=O) groups is 1. The molecule has 0 heterocycles. The fourth-order valence-corrected chi connectivity index (χ4v) is 2.82. The molecule has 2 rings (SSSR count). The van der Waals surface area contributed by atoms with Crippen LogP contribution in [0, 0.1) is 0 Å². The molecular weight excluding hydrogens is 396 g/mol. The fraction of sp³-hybridized carbons (Fsp3) is 0.167. The Bertz CT molecular complexity index is 759. The van der Waals surface area contributed by atoms with Gasteiger partial charge in [-0.25, -0.2) is 4.79 Å². The van der Waals surface area contributed by atoms with E-state index in [0.29, 0.717) is 39.8 Å². The minimum Gasteiger partial charge on any atom is -0.490 e. The predicted octanol–water partition coefficient (Wildman–Crippen LogP) is 5.18. The molecule has 0 aliphatic rings. The minimum absolute atomic E-state index is 0.337. The highest BCUT2D eigenvalue weighted by atomic mass is 79.9. The second-order valence-corrected chi connectivity index (χ2v) is 6.14. The first-order valence-corrected chi connectivity index (χ1v) is 8.41. The maximum atomic E-state index is 10.7. The van der Waals surface area contributed by atoms with E-state index >= 15 is 0 Å². The Morgan fingerprint density at radius 1 is 1.29 bits per heavy atom. The summed E-state index contributed by atoms with van der Waals surface area (Å²) in [5, 5.41) is 9.39. The summed E-state index contributed by atoms with van der Waals surface area (Å²) in [6, 6.07) is 10.9. The van der Waals surface area contributed by atoms with Crippen LogP contribution in [-0.4, -0.2) is 17.7 Å². The lowest BCUT2D eigenvalue weighted by molar-refractivity contribution is -0.131. The van der Waals surface area contributed by atoms with Gasteiger partial charge in [0.1, 0.15) is 6.61 Å². The van der Waals surface area contributed by atoms with Crippen molar-refractivity contribution in [2.75, 3.05) is 6.61 Å². The van der Waals surface area contributed by atoms with E-state index in [9.17, 15) is 4.79 Å². The van der Waals surface area contributed by atoms with E-state index in [0.717, 1.165) is 11.6 Å². The van der Waals surface area contributed by atoms with Gasteiger partial charge in [-0.15, -0.1) is 0 Å². The summed E-state index contributed by atoms with van der Waals surface area (Å²) in [5.41, 5.74) is 1.63. The van der Waals surface area contributed by atoms with E-state index in [2.05, 4.69) is 15.9 Å². The van der Waals surface area contributed by atoms with Crippen LogP contribution < -0.4 is 9.47 Å². The molecular formula is C18H16BrClO4. The Morgan fingerprint density at radius 2 is 2.08 bits per heavy atom. The van der Waals surface area contributed by atoms with E-state index in [1.807, 2.05) is 25.1 Å².